The van der Waals surface area contributed by atoms with Gasteiger partial charge in [0.2, 0.25) is 0 Å². The van der Waals surface area contributed by atoms with E-state index < -0.39 is 0 Å². The number of nitrogens with two attached hydrogens (primary N) is 1. The lowest BCUT2D eigenvalue weighted by molar-refractivity contribution is 0.772. The van der Waals surface area contributed by atoms with Crippen LogP contribution in [0.3, 0.4) is 0 Å². The van der Waals surface area contributed by atoms with E-state index in [2.05, 4.69) is 23.5 Å². The second kappa shape index (κ2) is 5.75. The van der Waals surface area contributed by atoms with Gasteiger partial charge in [-0.2, -0.15) is 11.8 Å². The molecule has 1 unspecified atom stereocenters. The van der Waals surface area contributed by atoms with Crippen molar-refractivity contribution in [3.8, 4) is 0 Å². The van der Waals surface area contributed by atoms with Gasteiger partial charge in [-0.3, -0.25) is 4.98 Å². The van der Waals surface area contributed by atoms with E-state index in [1.54, 1.807) is 12.4 Å². The van der Waals surface area contributed by atoms with E-state index in [4.69, 9.17) is 5.73 Å². The molecule has 14 heavy (non-hydrogen) atoms. The zero-order valence-electron chi connectivity index (χ0n) is 8.66. The fourth-order valence-electron chi connectivity index (χ4n) is 1.17. The standard InChI is InChI=1S/C10H17N3S/c1-8(4-6-14-2)13-10-3-5-12-7-9(10)11/h3,5,7-8H,4,6,11H2,1-2H3,(H,12,13). The molecule has 0 amide bonds. The lowest BCUT2D eigenvalue weighted by atomic mass is 10.2. The molecule has 0 aliphatic rings. The molecule has 1 rings (SSSR count). The van der Waals surface area contributed by atoms with Crippen molar-refractivity contribution >= 4 is 23.1 Å². The van der Waals surface area contributed by atoms with Gasteiger partial charge in [-0.05, 0) is 31.4 Å². The van der Waals surface area contributed by atoms with Gasteiger partial charge in [0, 0.05) is 12.2 Å². The number of nitrogens with one attached hydrogen (secondary N) is 1. The van der Waals surface area contributed by atoms with Crippen LogP contribution in [0.15, 0.2) is 18.5 Å². The number of pyridine rings is 1. The normalized spacial score (nSPS) is 12.4. The van der Waals surface area contributed by atoms with Gasteiger partial charge in [0.1, 0.15) is 0 Å². The summed E-state index contributed by atoms with van der Waals surface area (Å²) in [6, 6.07) is 2.36. The van der Waals surface area contributed by atoms with E-state index in [9.17, 15) is 0 Å². The number of thioether (sulfide) groups is 1. The van der Waals surface area contributed by atoms with Crippen molar-refractivity contribution in [1.29, 1.82) is 0 Å². The van der Waals surface area contributed by atoms with E-state index in [-0.39, 0.29) is 0 Å². The molecule has 0 saturated heterocycles. The molecule has 78 valence electrons. The lowest BCUT2D eigenvalue weighted by Gasteiger charge is -2.15. The van der Waals surface area contributed by atoms with Crippen molar-refractivity contribution in [2.24, 2.45) is 0 Å². The molecule has 1 aromatic rings. The van der Waals surface area contributed by atoms with Crippen LogP contribution in [0.25, 0.3) is 0 Å². The Morgan fingerprint density at radius 2 is 2.43 bits per heavy atom. The number of anilines is 2. The van der Waals surface area contributed by atoms with E-state index in [0.717, 1.165) is 12.1 Å². The van der Waals surface area contributed by atoms with Crippen molar-refractivity contribution < 1.29 is 0 Å². The maximum absolute atomic E-state index is 5.77. The number of nitrogen functional groups attached to an aromatic ring is 1. The summed E-state index contributed by atoms with van der Waals surface area (Å²) in [7, 11) is 0. The zero-order valence-corrected chi connectivity index (χ0v) is 9.47. The molecule has 1 heterocycles. The van der Waals surface area contributed by atoms with Crippen molar-refractivity contribution in [3.05, 3.63) is 18.5 Å². The summed E-state index contributed by atoms with van der Waals surface area (Å²) in [5.41, 5.74) is 7.46. The predicted octanol–water partition coefficient (Wildman–Crippen LogP) is 2.22. The monoisotopic (exact) mass is 211 g/mol. The molecule has 1 aromatic heterocycles. The average Bonchev–Trinajstić information content (AvgIpc) is 2.18. The van der Waals surface area contributed by atoms with Crippen LogP contribution >= 0.6 is 11.8 Å². The van der Waals surface area contributed by atoms with Crippen LogP contribution in [-0.2, 0) is 0 Å². The minimum Gasteiger partial charge on any atom is -0.396 e. The summed E-state index contributed by atoms with van der Waals surface area (Å²) < 4.78 is 0. The van der Waals surface area contributed by atoms with Gasteiger partial charge in [-0.25, -0.2) is 0 Å². The third kappa shape index (κ3) is 3.46. The average molecular weight is 211 g/mol. The first-order valence-electron chi connectivity index (χ1n) is 4.69. The molecule has 0 bridgehead atoms. The largest absolute Gasteiger partial charge is 0.396 e. The van der Waals surface area contributed by atoms with Crippen molar-refractivity contribution in [2.45, 2.75) is 19.4 Å². The molecular formula is C10H17N3S. The Kier molecular flexibility index (Phi) is 4.59. The molecule has 0 fully saturated rings. The van der Waals surface area contributed by atoms with E-state index >= 15 is 0 Å². The summed E-state index contributed by atoms with van der Waals surface area (Å²) in [6.45, 7) is 2.16. The third-order valence-corrected chi connectivity index (χ3v) is 2.65. The Labute approximate surface area is 89.5 Å². The van der Waals surface area contributed by atoms with Crippen LogP contribution in [0, 0.1) is 0 Å². The molecule has 0 radical (unpaired) electrons. The Morgan fingerprint density at radius 1 is 1.64 bits per heavy atom. The summed E-state index contributed by atoms with van der Waals surface area (Å²) >= 11 is 1.86. The van der Waals surface area contributed by atoms with Crippen LogP contribution in [0.1, 0.15) is 13.3 Å². The molecule has 0 aliphatic heterocycles. The zero-order chi connectivity index (χ0) is 10.4. The molecule has 3 nitrogen and oxygen atoms in total. The van der Waals surface area contributed by atoms with Gasteiger partial charge in [0.05, 0.1) is 17.6 Å². The molecule has 0 aliphatic carbocycles. The SMILES string of the molecule is CSCCC(C)Nc1ccncc1N. The van der Waals surface area contributed by atoms with Gasteiger partial charge in [0.15, 0.2) is 0 Å². The number of hydrogen-bond acceptors (Lipinski definition) is 4. The molecule has 0 saturated carbocycles. The predicted molar refractivity (Wildman–Crippen MR) is 64.7 cm³/mol. The fourth-order valence-corrected chi connectivity index (χ4v) is 1.76. The highest BCUT2D eigenvalue weighted by Crippen LogP contribution is 2.17. The van der Waals surface area contributed by atoms with Crippen LogP contribution in [-0.4, -0.2) is 23.0 Å². The maximum atomic E-state index is 5.77. The highest BCUT2D eigenvalue weighted by molar-refractivity contribution is 7.98. The first kappa shape index (κ1) is 11.2. The maximum Gasteiger partial charge on any atom is 0.0736 e. The van der Waals surface area contributed by atoms with Gasteiger partial charge < -0.3 is 11.1 Å². The summed E-state index contributed by atoms with van der Waals surface area (Å²) in [5, 5.41) is 3.37. The highest BCUT2D eigenvalue weighted by atomic mass is 32.2. The van der Waals surface area contributed by atoms with Gasteiger partial charge in [-0.1, -0.05) is 0 Å². The topological polar surface area (TPSA) is 50.9 Å². The fraction of sp³-hybridized carbons (Fsp3) is 0.500. The number of rotatable bonds is 5. The molecule has 4 heteroatoms. The Bertz CT molecular complexity index is 278. The van der Waals surface area contributed by atoms with Gasteiger partial charge in [0.25, 0.3) is 0 Å². The van der Waals surface area contributed by atoms with Crippen LogP contribution in [0.4, 0.5) is 11.4 Å². The van der Waals surface area contributed by atoms with Gasteiger partial charge in [-0.15, -0.1) is 0 Å². The Morgan fingerprint density at radius 3 is 3.07 bits per heavy atom. The lowest BCUT2D eigenvalue weighted by Crippen LogP contribution is -2.16. The minimum absolute atomic E-state index is 0.451. The van der Waals surface area contributed by atoms with Crippen LogP contribution in [0.2, 0.25) is 0 Å². The van der Waals surface area contributed by atoms with E-state index in [0.29, 0.717) is 11.7 Å². The first-order valence-corrected chi connectivity index (χ1v) is 6.08. The smallest absolute Gasteiger partial charge is 0.0736 e. The summed E-state index contributed by atoms with van der Waals surface area (Å²) in [5.74, 6) is 1.17. The quantitative estimate of drug-likeness (QED) is 0.784. The number of aromatic nitrogens is 1. The second-order valence-electron chi connectivity index (χ2n) is 3.29. The number of hydrogen-bond donors (Lipinski definition) is 2. The summed E-state index contributed by atoms with van der Waals surface area (Å²) in [6.07, 6.45) is 6.68. The minimum atomic E-state index is 0.451. The Hall–Kier alpha value is -0.900. The first-order chi connectivity index (χ1) is 6.74. The van der Waals surface area contributed by atoms with Gasteiger partial charge >= 0.3 is 0 Å². The Balaban J connectivity index is 2.47. The van der Waals surface area contributed by atoms with E-state index in [1.807, 2.05) is 17.8 Å². The molecule has 1 atom stereocenters. The third-order valence-electron chi connectivity index (χ3n) is 2.01. The van der Waals surface area contributed by atoms with Crippen molar-refractivity contribution in [3.63, 3.8) is 0 Å². The molecular weight excluding hydrogens is 194 g/mol. The number of nitrogens with zero attached hydrogens (tertiary/aromatic N) is 1. The molecule has 3 N–H and O–H groups in total. The second-order valence-corrected chi connectivity index (χ2v) is 4.28. The van der Waals surface area contributed by atoms with E-state index in [1.165, 1.54) is 5.75 Å². The van der Waals surface area contributed by atoms with Crippen LogP contribution < -0.4 is 11.1 Å². The van der Waals surface area contributed by atoms with Crippen molar-refractivity contribution in [2.75, 3.05) is 23.1 Å². The van der Waals surface area contributed by atoms with Crippen LogP contribution in [0.5, 0.6) is 0 Å². The van der Waals surface area contributed by atoms with Crippen molar-refractivity contribution in [1.82, 2.24) is 4.98 Å². The highest BCUT2D eigenvalue weighted by Gasteiger charge is 2.03. The molecule has 0 aromatic carbocycles. The molecule has 0 spiro atoms. The summed E-state index contributed by atoms with van der Waals surface area (Å²) in [4.78, 5) is 3.95.